The molecule has 1 fully saturated rings. The molecule has 88 valence electrons. The molecule has 1 aromatic carbocycles. The van der Waals surface area contributed by atoms with E-state index in [2.05, 4.69) is 0 Å². The number of rotatable bonds is 5. The third-order valence-electron chi connectivity index (χ3n) is 2.64. The maximum atomic E-state index is 5.77. The van der Waals surface area contributed by atoms with Crippen molar-refractivity contribution >= 4 is 5.69 Å². The third-order valence-corrected chi connectivity index (χ3v) is 2.64. The van der Waals surface area contributed by atoms with Gasteiger partial charge < -0.3 is 19.9 Å². The smallest absolute Gasteiger partial charge is 0.203 e. The fraction of sp³-hybridized carbons (Fsp3) is 0.500. The molecule has 1 saturated carbocycles. The maximum absolute atomic E-state index is 5.77. The van der Waals surface area contributed by atoms with Crippen molar-refractivity contribution in [2.45, 2.75) is 12.8 Å². The lowest BCUT2D eigenvalue weighted by molar-refractivity contribution is 0.272. The van der Waals surface area contributed by atoms with Gasteiger partial charge in [-0.05, 0) is 18.8 Å². The zero-order valence-electron chi connectivity index (χ0n) is 9.66. The minimum atomic E-state index is 0.605. The second kappa shape index (κ2) is 4.51. The lowest BCUT2D eigenvalue weighted by atomic mass is 10.2. The Morgan fingerprint density at radius 3 is 2.44 bits per heavy atom. The van der Waals surface area contributed by atoms with E-state index in [-0.39, 0.29) is 0 Å². The predicted octanol–water partition coefficient (Wildman–Crippen LogP) is 2.07. The van der Waals surface area contributed by atoms with Gasteiger partial charge in [-0.2, -0.15) is 0 Å². The van der Waals surface area contributed by atoms with Crippen molar-refractivity contribution in [2.75, 3.05) is 26.6 Å². The molecule has 4 nitrogen and oxygen atoms in total. The molecule has 0 aliphatic heterocycles. The van der Waals surface area contributed by atoms with Gasteiger partial charge in [0.1, 0.15) is 0 Å². The highest BCUT2D eigenvalue weighted by Crippen LogP contribution is 2.40. The summed E-state index contributed by atoms with van der Waals surface area (Å²) in [5.74, 6) is 2.56. The van der Waals surface area contributed by atoms with Gasteiger partial charge in [0.2, 0.25) is 5.75 Å². The van der Waals surface area contributed by atoms with Crippen LogP contribution in [0.4, 0.5) is 5.69 Å². The van der Waals surface area contributed by atoms with E-state index in [1.54, 1.807) is 26.4 Å². The fourth-order valence-electron chi connectivity index (χ4n) is 1.55. The molecule has 0 spiro atoms. The van der Waals surface area contributed by atoms with Crippen LogP contribution in [0.5, 0.6) is 17.2 Å². The van der Waals surface area contributed by atoms with Crippen LogP contribution in [0.25, 0.3) is 0 Å². The first kappa shape index (κ1) is 10.9. The van der Waals surface area contributed by atoms with E-state index in [4.69, 9.17) is 19.9 Å². The fourth-order valence-corrected chi connectivity index (χ4v) is 1.55. The molecule has 16 heavy (non-hydrogen) atoms. The van der Waals surface area contributed by atoms with E-state index in [0.717, 1.165) is 6.61 Å². The van der Waals surface area contributed by atoms with E-state index >= 15 is 0 Å². The first-order chi connectivity index (χ1) is 7.74. The van der Waals surface area contributed by atoms with Gasteiger partial charge in [0.15, 0.2) is 11.5 Å². The van der Waals surface area contributed by atoms with Gasteiger partial charge in [-0.15, -0.1) is 0 Å². The van der Waals surface area contributed by atoms with Crippen molar-refractivity contribution < 1.29 is 14.2 Å². The summed E-state index contributed by atoms with van der Waals surface area (Å²) in [6.45, 7) is 0.725. The Kier molecular flexibility index (Phi) is 3.08. The molecule has 0 amide bonds. The van der Waals surface area contributed by atoms with Crippen molar-refractivity contribution in [1.82, 2.24) is 0 Å². The summed E-state index contributed by atoms with van der Waals surface area (Å²) in [6.07, 6.45) is 2.50. The van der Waals surface area contributed by atoms with Gasteiger partial charge in [0, 0.05) is 17.8 Å². The SMILES string of the molecule is COc1cc(N)cc(OCC2CC2)c1OC. The predicted molar refractivity (Wildman–Crippen MR) is 62.2 cm³/mol. The summed E-state index contributed by atoms with van der Waals surface area (Å²) in [4.78, 5) is 0. The maximum Gasteiger partial charge on any atom is 0.203 e. The Hall–Kier alpha value is -1.58. The van der Waals surface area contributed by atoms with Crippen LogP contribution in [0.15, 0.2) is 12.1 Å². The van der Waals surface area contributed by atoms with E-state index in [9.17, 15) is 0 Å². The Morgan fingerprint density at radius 1 is 1.19 bits per heavy atom. The van der Waals surface area contributed by atoms with E-state index in [1.807, 2.05) is 0 Å². The molecule has 4 heteroatoms. The third kappa shape index (κ3) is 2.32. The first-order valence-electron chi connectivity index (χ1n) is 5.39. The van der Waals surface area contributed by atoms with Gasteiger partial charge in [0.25, 0.3) is 0 Å². The zero-order chi connectivity index (χ0) is 11.5. The first-order valence-corrected chi connectivity index (χ1v) is 5.39. The lowest BCUT2D eigenvalue weighted by Crippen LogP contribution is -2.03. The average molecular weight is 223 g/mol. The molecule has 2 rings (SSSR count). The van der Waals surface area contributed by atoms with Gasteiger partial charge in [-0.1, -0.05) is 0 Å². The topological polar surface area (TPSA) is 53.7 Å². The summed E-state index contributed by atoms with van der Waals surface area (Å²) in [5, 5.41) is 0. The van der Waals surface area contributed by atoms with Crippen molar-refractivity contribution in [1.29, 1.82) is 0 Å². The van der Waals surface area contributed by atoms with Crippen LogP contribution in [-0.2, 0) is 0 Å². The number of nitrogen functional groups attached to an aromatic ring is 1. The molecule has 0 radical (unpaired) electrons. The number of nitrogens with two attached hydrogens (primary N) is 1. The number of hydrogen-bond donors (Lipinski definition) is 1. The molecule has 1 aliphatic carbocycles. The van der Waals surface area contributed by atoms with Gasteiger partial charge in [-0.25, -0.2) is 0 Å². The van der Waals surface area contributed by atoms with Crippen LogP contribution in [0.2, 0.25) is 0 Å². The molecular weight excluding hydrogens is 206 g/mol. The van der Waals surface area contributed by atoms with Gasteiger partial charge in [0.05, 0.1) is 20.8 Å². The minimum absolute atomic E-state index is 0.605. The van der Waals surface area contributed by atoms with Crippen molar-refractivity contribution in [2.24, 2.45) is 5.92 Å². The van der Waals surface area contributed by atoms with Crippen molar-refractivity contribution in [3.05, 3.63) is 12.1 Å². The molecule has 0 aromatic heterocycles. The second-order valence-corrected chi connectivity index (χ2v) is 4.01. The van der Waals surface area contributed by atoms with E-state index in [1.165, 1.54) is 12.8 Å². The molecular formula is C12H17NO3. The average Bonchev–Trinajstić information content (AvgIpc) is 3.09. The van der Waals surface area contributed by atoms with E-state index in [0.29, 0.717) is 28.9 Å². The number of anilines is 1. The minimum Gasteiger partial charge on any atom is -0.493 e. The number of benzene rings is 1. The van der Waals surface area contributed by atoms with Gasteiger partial charge >= 0.3 is 0 Å². The molecule has 1 aromatic rings. The number of ether oxygens (including phenoxy) is 3. The highest BCUT2D eigenvalue weighted by molar-refractivity contribution is 5.60. The Bertz CT molecular complexity index is 375. The van der Waals surface area contributed by atoms with Crippen LogP contribution in [0.1, 0.15) is 12.8 Å². The van der Waals surface area contributed by atoms with Crippen LogP contribution in [-0.4, -0.2) is 20.8 Å². The molecule has 0 atom stereocenters. The largest absolute Gasteiger partial charge is 0.493 e. The highest BCUT2D eigenvalue weighted by atomic mass is 16.5. The quantitative estimate of drug-likeness (QED) is 0.776. The Morgan fingerprint density at radius 2 is 1.88 bits per heavy atom. The molecule has 0 heterocycles. The molecule has 2 N–H and O–H groups in total. The van der Waals surface area contributed by atoms with Crippen LogP contribution in [0.3, 0.4) is 0 Å². The van der Waals surface area contributed by atoms with Crippen LogP contribution in [0, 0.1) is 5.92 Å². The van der Waals surface area contributed by atoms with Crippen LogP contribution < -0.4 is 19.9 Å². The monoisotopic (exact) mass is 223 g/mol. The van der Waals surface area contributed by atoms with Crippen LogP contribution >= 0.6 is 0 Å². The Labute approximate surface area is 95.3 Å². The number of methoxy groups -OCH3 is 2. The number of hydrogen-bond acceptors (Lipinski definition) is 4. The highest BCUT2D eigenvalue weighted by Gasteiger charge is 2.23. The summed E-state index contributed by atoms with van der Waals surface area (Å²) in [5.41, 5.74) is 6.38. The van der Waals surface area contributed by atoms with Crippen molar-refractivity contribution in [3.8, 4) is 17.2 Å². The van der Waals surface area contributed by atoms with Crippen molar-refractivity contribution in [3.63, 3.8) is 0 Å². The lowest BCUT2D eigenvalue weighted by Gasteiger charge is -2.14. The normalized spacial score (nSPS) is 14.6. The summed E-state index contributed by atoms with van der Waals surface area (Å²) in [7, 11) is 3.18. The zero-order valence-corrected chi connectivity index (χ0v) is 9.66. The standard InChI is InChI=1S/C12H17NO3/c1-14-10-5-9(13)6-11(12(10)15-2)16-7-8-3-4-8/h5-6,8H,3-4,7,13H2,1-2H3. The summed E-state index contributed by atoms with van der Waals surface area (Å²) in [6, 6.07) is 3.49. The molecule has 0 bridgehead atoms. The van der Waals surface area contributed by atoms with E-state index < -0.39 is 0 Å². The van der Waals surface area contributed by atoms with Gasteiger partial charge in [-0.3, -0.25) is 0 Å². The second-order valence-electron chi connectivity index (χ2n) is 4.01. The summed E-state index contributed by atoms with van der Waals surface area (Å²) < 4.78 is 16.2. The Balaban J connectivity index is 2.21. The molecule has 0 unspecified atom stereocenters. The molecule has 1 aliphatic rings. The summed E-state index contributed by atoms with van der Waals surface area (Å²) >= 11 is 0. The molecule has 0 saturated heterocycles.